The Balaban J connectivity index is 2.87. The van der Waals surface area contributed by atoms with E-state index in [1.54, 1.807) is 0 Å². The van der Waals surface area contributed by atoms with Crippen LogP contribution < -0.4 is 10.1 Å². The van der Waals surface area contributed by atoms with Gasteiger partial charge in [0.15, 0.2) is 0 Å². The Kier molecular flexibility index (Phi) is 6.81. The van der Waals surface area contributed by atoms with E-state index in [1.807, 2.05) is 6.07 Å². The number of hydrogen-bond acceptors (Lipinski definition) is 2. The van der Waals surface area contributed by atoms with Gasteiger partial charge in [0.1, 0.15) is 5.75 Å². The fraction of sp³-hybridized carbons (Fsp3) is 0.625. The third-order valence-electron chi connectivity index (χ3n) is 2.91. The van der Waals surface area contributed by atoms with Crippen molar-refractivity contribution in [2.45, 2.75) is 46.6 Å². The second-order valence-corrected chi connectivity index (χ2v) is 5.13. The first kappa shape index (κ1) is 15.0. The van der Waals surface area contributed by atoms with E-state index in [1.165, 1.54) is 5.56 Å². The Morgan fingerprint density at radius 1 is 1.17 bits per heavy atom. The zero-order valence-corrected chi connectivity index (χ0v) is 12.2. The van der Waals surface area contributed by atoms with Gasteiger partial charge in [0.05, 0.1) is 6.61 Å². The van der Waals surface area contributed by atoms with Crippen molar-refractivity contribution in [1.29, 1.82) is 0 Å². The lowest BCUT2D eigenvalue weighted by molar-refractivity contribution is 0.307. The first-order chi connectivity index (χ1) is 8.69. The minimum Gasteiger partial charge on any atom is -0.493 e. The highest BCUT2D eigenvalue weighted by Gasteiger charge is 2.16. The van der Waals surface area contributed by atoms with Crippen LogP contribution in [-0.4, -0.2) is 13.2 Å². The summed E-state index contributed by atoms with van der Waals surface area (Å²) in [5.74, 6) is 1.71. The van der Waals surface area contributed by atoms with Gasteiger partial charge in [-0.3, -0.25) is 0 Å². The van der Waals surface area contributed by atoms with E-state index in [4.69, 9.17) is 4.74 Å². The number of benzene rings is 1. The summed E-state index contributed by atoms with van der Waals surface area (Å²) < 4.78 is 5.86. The molecule has 0 saturated heterocycles. The molecule has 0 saturated carbocycles. The highest BCUT2D eigenvalue weighted by Crippen LogP contribution is 2.29. The monoisotopic (exact) mass is 249 g/mol. The van der Waals surface area contributed by atoms with Gasteiger partial charge in [0.25, 0.3) is 0 Å². The van der Waals surface area contributed by atoms with Gasteiger partial charge in [0.2, 0.25) is 0 Å². The molecule has 0 fully saturated rings. The molecular weight excluding hydrogens is 222 g/mol. The molecule has 0 spiro atoms. The molecular formula is C16H27NO. The quantitative estimate of drug-likeness (QED) is 0.746. The summed E-state index contributed by atoms with van der Waals surface area (Å²) in [4.78, 5) is 0. The summed E-state index contributed by atoms with van der Waals surface area (Å²) in [6.07, 6.45) is 2.19. The van der Waals surface area contributed by atoms with Gasteiger partial charge < -0.3 is 10.1 Å². The predicted molar refractivity (Wildman–Crippen MR) is 78.1 cm³/mol. The Morgan fingerprint density at radius 2 is 1.89 bits per heavy atom. The molecule has 0 bridgehead atoms. The lowest BCUT2D eigenvalue weighted by Gasteiger charge is -2.23. The van der Waals surface area contributed by atoms with Crippen LogP contribution >= 0.6 is 0 Å². The van der Waals surface area contributed by atoms with Crippen LogP contribution in [-0.2, 0) is 0 Å². The van der Waals surface area contributed by atoms with E-state index < -0.39 is 0 Å². The number of para-hydroxylation sites is 1. The second-order valence-electron chi connectivity index (χ2n) is 5.13. The van der Waals surface area contributed by atoms with Crippen LogP contribution in [0.25, 0.3) is 0 Å². The highest BCUT2D eigenvalue weighted by atomic mass is 16.5. The average molecular weight is 249 g/mol. The molecule has 1 aromatic rings. The maximum absolute atomic E-state index is 5.86. The first-order valence-electron chi connectivity index (χ1n) is 7.14. The van der Waals surface area contributed by atoms with Crippen molar-refractivity contribution in [2.24, 2.45) is 5.92 Å². The maximum atomic E-state index is 5.86. The van der Waals surface area contributed by atoms with E-state index in [-0.39, 0.29) is 0 Å². The molecule has 1 unspecified atom stereocenters. The van der Waals surface area contributed by atoms with Crippen LogP contribution in [0.3, 0.4) is 0 Å². The SMILES string of the molecule is CCCOc1ccccc1C(CC(C)C)NCC. The summed E-state index contributed by atoms with van der Waals surface area (Å²) in [5.41, 5.74) is 1.29. The lowest BCUT2D eigenvalue weighted by atomic mass is 9.96. The van der Waals surface area contributed by atoms with Gasteiger partial charge in [-0.25, -0.2) is 0 Å². The molecule has 0 aliphatic heterocycles. The van der Waals surface area contributed by atoms with Gasteiger partial charge in [0, 0.05) is 11.6 Å². The molecule has 0 radical (unpaired) electrons. The summed E-state index contributed by atoms with van der Waals surface area (Å²) in [6, 6.07) is 8.80. The average Bonchev–Trinajstić information content (AvgIpc) is 2.36. The Labute approximate surface area is 112 Å². The van der Waals surface area contributed by atoms with Crippen LogP contribution in [0.2, 0.25) is 0 Å². The predicted octanol–water partition coefficient (Wildman–Crippen LogP) is 4.17. The lowest BCUT2D eigenvalue weighted by Crippen LogP contribution is -2.23. The van der Waals surface area contributed by atoms with Crippen LogP contribution in [0.5, 0.6) is 5.75 Å². The fourth-order valence-corrected chi connectivity index (χ4v) is 2.15. The van der Waals surface area contributed by atoms with Gasteiger partial charge in [-0.05, 0) is 31.4 Å². The fourth-order valence-electron chi connectivity index (χ4n) is 2.15. The van der Waals surface area contributed by atoms with Gasteiger partial charge in [-0.2, -0.15) is 0 Å². The zero-order valence-electron chi connectivity index (χ0n) is 12.2. The third-order valence-corrected chi connectivity index (χ3v) is 2.91. The van der Waals surface area contributed by atoms with Crippen molar-refractivity contribution in [3.05, 3.63) is 29.8 Å². The highest BCUT2D eigenvalue weighted by molar-refractivity contribution is 5.36. The van der Waals surface area contributed by atoms with Crippen molar-refractivity contribution in [2.75, 3.05) is 13.2 Å². The largest absolute Gasteiger partial charge is 0.493 e. The maximum Gasteiger partial charge on any atom is 0.124 e. The van der Waals surface area contributed by atoms with Gasteiger partial charge in [-0.15, -0.1) is 0 Å². The van der Waals surface area contributed by atoms with Gasteiger partial charge >= 0.3 is 0 Å². The molecule has 0 aliphatic rings. The second kappa shape index (κ2) is 8.15. The van der Waals surface area contributed by atoms with Crippen molar-refractivity contribution < 1.29 is 4.74 Å². The van der Waals surface area contributed by atoms with E-state index in [9.17, 15) is 0 Å². The first-order valence-corrected chi connectivity index (χ1v) is 7.14. The molecule has 0 aliphatic carbocycles. The van der Waals surface area contributed by atoms with Crippen LogP contribution in [0.15, 0.2) is 24.3 Å². The molecule has 1 rings (SSSR count). The van der Waals surface area contributed by atoms with Crippen molar-refractivity contribution in [1.82, 2.24) is 5.32 Å². The molecule has 2 nitrogen and oxygen atoms in total. The molecule has 102 valence electrons. The van der Waals surface area contributed by atoms with E-state index in [0.29, 0.717) is 12.0 Å². The number of hydrogen-bond donors (Lipinski definition) is 1. The van der Waals surface area contributed by atoms with Crippen molar-refractivity contribution in [3.63, 3.8) is 0 Å². The van der Waals surface area contributed by atoms with E-state index in [2.05, 4.69) is 51.2 Å². The van der Waals surface area contributed by atoms with Crippen LogP contribution in [0.4, 0.5) is 0 Å². The molecule has 0 aromatic heterocycles. The van der Waals surface area contributed by atoms with Gasteiger partial charge in [-0.1, -0.05) is 45.9 Å². The number of ether oxygens (including phenoxy) is 1. The van der Waals surface area contributed by atoms with Crippen molar-refractivity contribution >= 4 is 0 Å². The summed E-state index contributed by atoms with van der Waals surface area (Å²) >= 11 is 0. The molecule has 0 amide bonds. The van der Waals surface area contributed by atoms with E-state index >= 15 is 0 Å². The Morgan fingerprint density at radius 3 is 2.50 bits per heavy atom. The third kappa shape index (κ3) is 4.69. The van der Waals surface area contributed by atoms with E-state index in [0.717, 1.165) is 31.7 Å². The Hall–Kier alpha value is -1.02. The topological polar surface area (TPSA) is 21.3 Å². The zero-order chi connectivity index (χ0) is 13.4. The summed E-state index contributed by atoms with van der Waals surface area (Å²) in [6.45, 7) is 10.6. The standard InChI is InChI=1S/C16H27NO/c1-5-11-18-16-10-8-7-9-14(16)15(17-6-2)12-13(3)4/h7-10,13,15,17H,5-6,11-12H2,1-4H3. The molecule has 1 N–H and O–H groups in total. The summed E-state index contributed by atoms with van der Waals surface area (Å²) in [5, 5.41) is 3.57. The minimum atomic E-state index is 0.392. The number of nitrogens with one attached hydrogen (secondary N) is 1. The molecule has 1 aromatic carbocycles. The Bertz CT molecular complexity index is 336. The molecule has 18 heavy (non-hydrogen) atoms. The normalized spacial score (nSPS) is 12.7. The minimum absolute atomic E-state index is 0.392. The summed E-state index contributed by atoms with van der Waals surface area (Å²) in [7, 11) is 0. The smallest absolute Gasteiger partial charge is 0.124 e. The van der Waals surface area contributed by atoms with Crippen LogP contribution in [0, 0.1) is 5.92 Å². The van der Waals surface area contributed by atoms with Crippen LogP contribution in [0.1, 0.15) is 52.1 Å². The number of rotatable bonds is 8. The van der Waals surface area contributed by atoms with Crippen molar-refractivity contribution in [3.8, 4) is 5.75 Å². The molecule has 0 heterocycles. The molecule has 1 atom stereocenters. The molecule has 2 heteroatoms.